The zero-order valence-corrected chi connectivity index (χ0v) is 12.5. The molecule has 3 N–H and O–H groups in total. The summed E-state index contributed by atoms with van der Waals surface area (Å²) in [5.74, 6) is -0.684. The van der Waals surface area contributed by atoms with Gasteiger partial charge in [0.05, 0.1) is 10.6 Å². The maximum Gasteiger partial charge on any atom is 0.267 e. The van der Waals surface area contributed by atoms with E-state index in [2.05, 4.69) is 4.72 Å². The molecule has 0 bridgehead atoms. The molecule has 0 fully saturated rings. The Bertz CT molecular complexity index is 734. The summed E-state index contributed by atoms with van der Waals surface area (Å²) in [6.07, 6.45) is 7.61. The van der Waals surface area contributed by atoms with E-state index in [-0.39, 0.29) is 4.90 Å². The topological polar surface area (TPSA) is 95.5 Å². The number of rotatable bonds is 5. The average Bonchev–Trinajstić information content (AvgIpc) is 2.54. The van der Waals surface area contributed by atoms with Crippen molar-refractivity contribution in [1.29, 1.82) is 0 Å². The van der Waals surface area contributed by atoms with E-state index in [1.165, 1.54) is 23.7 Å². The van der Waals surface area contributed by atoms with Crippen molar-refractivity contribution in [2.75, 3.05) is 0 Å². The molecule has 0 atom stereocenters. The van der Waals surface area contributed by atoms with Crippen LogP contribution in [-0.2, 0) is 14.8 Å². The molecule has 1 amide bonds. The first-order chi connectivity index (χ1) is 10.5. The van der Waals surface area contributed by atoms with Gasteiger partial charge in [-0.15, -0.1) is 0 Å². The van der Waals surface area contributed by atoms with E-state index in [1.807, 2.05) is 6.08 Å². The molecule has 0 saturated carbocycles. The van der Waals surface area contributed by atoms with Gasteiger partial charge in [0, 0.05) is 6.08 Å². The smallest absolute Gasteiger partial charge is 0.267 e. The third-order valence-corrected chi connectivity index (χ3v) is 4.39. The van der Waals surface area contributed by atoms with Crippen LogP contribution in [0.1, 0.15) is 12.8 Å². The minimum Gasteiger partial charge on any atom is -0.288 e. The van der Waals surface area contributed by atoms with Gasteiger partial charge >= 0.3 is 0 Å². The molecule has 0 saturated heterocycles. The molecule has 1 aliphatic rings. The molecule has 2 rings (SSSR count). The van der Waals surface area contributed by atoms with Crippen LogP contribution in [0.4, 0.5) is 0 Å². The lowest BCUT2D eigenvalue weighted by Crippen LogP contribution is -2.25. The van der Waals surface area contributed by atoms with Crippen LogP contribution >= 0.6 is 0 Å². The van der Waals surface area contributed by atoms with Crippen LogP contribution in [0.25, 0.3) is 0 Å². The highest BCUT2D eigenvalue weighted by Crippen LogP contribution is 2.20. The van der Waals surface area contributed by atoms with Gasteiger partial charge in [0.2, 0.25) is 0 Å². The molecule has 0 spiro atoms. The lowest BCUT2D eigenvalue weighted by Gasteiger charge is -2.16. The number of allylic oxidation sites excluding steroid dienone is 3. The molecular weight excluding hydrogens is 304 g/mol. The normalized spacial score (nSPS) is 15.1. The Morgan fingerprint density at radius 2 is 1.82 bits per heavy atom. The third kappa shape index (κ3) is 4.06. The molecule has 1 aromatic carbocycles. The van der Waals surface area contributed by atoms with E-state index in [9.17, 15) is 13.2 Å². The van der Waals surface area contributed by atoms with Gasteiger partial charge in [-0.3, -0.25) is 14.7 Å². The van der Waals surface area contributed by atoms with Crippen molar-refractivity contribution < 1.29 is 18.4 Å². The summed E-state index contributed by atoms with van der Waals surface area (Å²) in [5, 5.41) is 8.47. The first-order valence-electron chi connectivity index (χ1n) is 6.63. The fourth-order valence-corrected chi connectivity index (χ4v) is 3.08. The van der Waals surface area contributed by atoms with Crippen molar-refractivity contribution in [3.63, 3.8) is 0 Å². The Balaban J connectivity index is 2.20. The Hall–Kier alpha value is -2.38. The number of sulfonamides is 1. The highest BCUT2D eigenvalue weighted by atomic mass is 32.2. The van der Waals surface area contributed by atoms with E-state index in [1.54, 1.807) is 24.3 Å². The van der Waals surface area contributed by atoms with E-state index in [0.29, 0.717) is 17.7 Å². The maximum absolute atomic E-state index is 12.3. The van der Waals surface area contributed by atoms with Gasteiger partial charge in [-0.05, 0) is 36.6 Å². The lowest BCUT2D eigenvalue weighted by atomic mass is 10.0. The monoisotopic (exact) mass is 320 g/mol. The van der Waals surface area contributed by atoms with Crippen molar-refractivity contribution in [2.45, 2.75) is 17.7 Å². The fourth-order valence-electron chi connectivity index (χ4n) is 1.96. The number of hydrogen-bond acceptors (Lipinski definition) is 4. The van der Waals surface area contributed by atoms with Crippen LogP contribution in [0.2, 0.25) is 0 Å². The number of carbonyl (C=O) groups is 1. The van der Waals surface area contributed by atoms with Crippen molar-refractivity contribution in [1.82, 2.24) is 10.2 Å². The van der Waals surface area contributed by atoms with Gasteiger partial charge in [-0.2, -0.15) is 0 Å². The molecular formula is C15H16N2O4S. The summed E-state index contributed by atoms with van der Waals surface area (Å²) in [5.41, 5.74) is 2.47. The minimum atomic E-state index is -3.68. The Labute approximate surface area is 128 Å². The largest absolute Gasteiger partial charge is 0.288 e. The predicted octanol–water partition coefficient (Wildman–Crippen LogP) is 1.63. The number of hydroxylamine groups is 1. The standard InChI is InChI=1S/C15H16N2O4S/c18-15(16-19)11-10-12-6-4-5-9-14(12)17-22(20,21)13-7-2-1-3-8-13/h1-3,6-11,17,19H,4-5H2,(H,16,18). The predicted molar refractivity (Wildman–Crippen MR) is 81.2 cm³/mol. The third-order valence-electron chi connectivity index (χ3n) is 3.01. The van der Waals surface area contributed by atoms with Gasteiger partial charge in [-0.25, -0.2) is 13.9 Å². The Kier molecular flexibility index (Phi) is 5.13. The highest BCUT2D eigenvalue weighted by Gasteiger charge is 2.17. The molecule has 1 aliphatic carbocycles. The maximum atomic E-state index is 12.3. The zero-order chi connectivity index (χ0) is 16.0. The molecule has 0 radical (unpaired) electrons. The molecule has 7 heteroatoms. The molecule has 1 aromatic rings. The number of benzene rings is 1. The van der Waals surface area contributed by atoms with Crippen molar-refractivity contribution in [3.8, 4) is 0 Å². The SMILES string of the molecule is O=C(C=CC1=CCCC=C1NS(=O)(=O)c1ccccc1)NO. The number of carbonyl (C=O) groups excluding carboxylic acids is 1. The van der Waals surface area contributed by atoms with E-state index >= 15 is 0 Å². The van der Waals surface area contributed by atoms with Gasteiger partial charge in [0.1, 0.15) is 0 Å². The van der Waals surface area contributed by atoms with E-state index in [0.717, 1.165) is 12.5 Å². The van der Waals surface area contributed by atoms with Gasteiger partial charge < -0.3 is 0 Å². The van der Waals surface area contributed by atoms with Crippen molar-refractivity contribution in [2.24, 2.45) is 0 Å². The molecule has 22 heavy (non-hydrogen) atoms. The second kappa shape index (κ2) is 7.06. The summed E-state index contributed by atoms with van der Waals surface area (Å²) < 4.78 is 27.2. The summed E-state index contributed by atoms with van der Waals surface area (Å²) in [7, 11) is -3.68. The molecule has 0 unspecified atom stereocenters. The number of nitrogens with one attached hydrogen (secondary N) is 2. The van der Waals surface area contributed by atoms with Gasteiger partial charge in [-0.1, -0.05) is 30.4 Å². The fraction of sp³-hybridized carbons (Fsp3) is 0.133. The summed E-state index contributed by atoms with van der Waals surface area (Å²) >= 11 is 0. The lowest BCUT2D eigenvalue weighted by molar-refractivity contribution is -0.124. The number of amides is 1. The van der Waals surface area contributed by atoms with Crippen LogP contribution in [-0.4, -0.2) is 19.5 Å². The van der Waals surface area contributed by atoms with E-state index in [4.69, 9.17) is 5.21 Å². The molecule has 0 heterocycles. The van der Waals surface area contributed by atoms with E-state index < -0.39 is 15.9 Å². The Morgan fingerprint density at radius 1 is 1.14 bits per heavy atom. The van der Waals surface area contributed by atoms with Crippen LogP contribution < -0.4 is 10.2 Å². The van der Waals surface area contributed by atoms with Crippen LogP contribution in [0, 0.1) is 0 Å². The molecule has 0 aromatic heterocycles. The molecule has 6 nitrogen and oxygen atoms in total. The summed E-state index contributed by atoms with van der Waals surface area (Å²) in [4.78, 5) is 11.2. The van der Waals surface area contributed by atoms with Crippen molar-refractivity contribution >= 4 is 15.9 Å². The zero-order valence-electron chi connectivity index (χ0n) is 11.7. The first kappa shape index (κ1) is 16.0. The Morgan fingerprint density at radius 3 is 2.50 bits per heavy atom. The van der Waals surface area contributed by atoms with Crippen LogP contribution in [0.15, 0.2) is 70.8 Å². The van der Waals surface area contributed by atoms with Gasteiger partial charge in [0.15, 0.2) is 0 Å². The highest BCUT2D eigenvalue weighted by molar-refractivity contribution is 7.89. The second-order valence-corrected chi connectivity index (χ2v) is 6.26. The van der Waals surface area contributed by atoms with Crippen molar-refractivity contribution in [3.05, 3.63) is 65.9 Å². The van der Waals surface area contributed by atoms with Crippen LogP contribution in [0.5, 0.6) is 0 Å². The summed E-state index contributed by atoms with van der Waals surface area (Å²) in [6, 6.07) is 8.03. The molecule has 0 aliphatic heterocycles. The molecule has 116 valence electrons. The average molecular weight is 320 g/mol. The summed E-state index contributed by atoms with van der Waals surface area (Å²) in [6.45, 7) is 0. The quantitative estimate of drug-likeness (QED) is 0.436. The van der Waals surface area contributed by atoms with Gasteiger partial charge in [0.25, 0.3) is 15.9 Å². The second-order valence-electron chi connectivity index (χ2n) is 4.58. The minimum absolute atomic E-state index is 0.165. The van der Waals surface area contributed by atoms with Crippen LogP contribution in [0.3, 0.4) is 0 Å². The first-order valence-corrected chi connectivity index (χ1v) is 8.12. The number of hydrogen-bond donors (Lipinski definition) is 3.